The Hall–Kier alpha value is -1.68. The van der Waals surface area contributed by atoms with Crippen molar-refractivity contribution in [3.05, 3.63) is 35.9 Å². The van der Waals surface area contributed by atoms with Crippen LogP contribution >= 0.6 is 0 Å². The lowest BCUT2D eigenvalue weighted by Gasteiger charge is -2.27. The Labute approximate surface area is 119 Å². The van der Waals surface area contributed by atoms with Crippen LogP contribution in [-0.2, 0) is 9.59 Å². The molecule has 1 saturated heterocycles. The molecule has 3 atom stereocenters. The molecule has 0 bridgehead atoms. The van der Waals surface area contributed by atoms with Crippen molar-refractivity contribution < 1.29 is 14.7 Å². The second-order valence-corrected chi connectivity index (χ2v) is 5.80. The lowest BCUT2D eigenvalue weighted by atomic mass is 9.90. The van der Waals surface area contributed by atoms with Crippen LogP contribution in [0.2, 0.25) is 0 Å². The molecule has 108 valence electrons. The van der Waals surface area contributed by atoms with Crippen molar-refractivity contribution >= 4 is 12.3 Å². The average molecular weight is 275 g/mol. The summed E-state index contributed by atoms with van der Waals surface area (Å²) < 4.78 is 0. The summed E-state index contributed by atoms with van der Waals surface area (Å²) in [6, 6.07) is 9.35. The summed E-state index contributed by atoms with van der Waals surface area (Å²) in [6.45, 7) is 4.97. The van der Waals surface area contributed by atoms with Gasteiger partial charge in [0.2, 0.25) is 0 Å². The van der Waals surface area contributed by atoms with Gasteiger partial charge in [-0.25, -0.2) is 0 Å². The molecule has 1 fully saturated rings. The van der Waals surface area contributed by atoms with Crippen LogP contribution in [-0.4, -0.2) is 41.4 Å². The van der Waals surface area contributed by atoms with E-state index >= 15 is 0 Å². The Morgan fingerprint density at radius 1 is 1.30 bits per heavy atom. The van der Waals surface area contributed by atoms with Gasteiger partial charge in [0.05, 0.1) is 0 Å². The highest BCUT2D eigenvalue weighted by Gasteiger charge is 2.40. The first-order valence-electron chi connectivity index (χ1n) is 7.01. The number of carbonyl (C=O) groups excluding carboxylic acids is 1. The monoisotopic (exact) mass is 275 g/mol. The van der Waals surface area contributed by atoms with Crippen LogP contribution in [0, 0.1) is 11.8 Å². The molecule has 4 heteroatoms. The van der Waals surface area contributed by atoms with Gasteiger partial charge >= 0.3 is 5.97 Å². The number of carbonyl (C=O) groups is 2. The van der Waals surface area contributed by atoms with Gasteiger partial charge in [-0.05, 0) is 11.5 Å². The van der Waals surface area contributed by atoms with Gasteiger partial charge in [0.25, 0.3) is 0 Å². The second-order valence-electron chi connectivity index (χ2n) is 5.80. The Bertz CT molecular complexity index is 472. The lowest BCUT2D eigenvalue weighted by Crippen LogP contribution is -2.43. The normalized spacial score (nSPS) is 24.8. The molecule has 2 rings (SSSR count). The number of carboxylic acid groups (broad SMARTS) is 1. The van der Waals surface area contributed by atoms with E-state index in [0.29, 0.717) is 13.1 Å². The van der Waals surface area contributed by atoms with Gasteiger partial charge in [-0.2, -0.15) is 0 Å². The van der Waals surface area contributed by atoms with Crippen LogP contribution in [0.4, 0.5) is 0 Å². The van der Waals surface area contributed by atoms with Gasteiger partial charge in [-0.1, -0.05) is 44.2 Å². The molecule has 0 radical (unpaired) electrons. The third-order valence-corrected chi connectivity index (χ3v) is 4.07. The zero-order valence-corrected chi connectivity index (χ0v) is 11.9. The number of aliphatic carboxylic acids is 1. The van der Waals surface area contributed by atoms with Crippen molar-refractivity contribution in [3.8, 4) is 0 Å². The fraction of sp³-hybridized carbons (Fsp3) is 0.500. The highest BCUT2D eigenvalue weighted by atomic mass is 16.4. The molecule has 0 aromatic heterocycles. The van der Waals surface area contributed by atoms with Crippen LogP contribution < -0.4 is 0 Å². The van der Waals surface area contributed by atoms with Crippen LogP contribution in [0.15, 0.2) is 30.3 Å². The number of aldehydes is 1. The minimum absolute atomic E-state index is 0.0225. The van der Waals surface area contributed by atoms with E-state index in [9.17, 15) is 14.7 Å². The molecule has 1 aliphatic rings. The van der Waals surface area contributed by atoms with Gasteiger partial charge in [0, 0.05) is 24.9 Å². The first-order chi connectivity index (χ1) is 9.54. The fourth-order valence-electron chi connectivity index (χ4n) is 3.14. The summed E-state index contributed by atoms with van der Waals surface area (Å²) in [6.07, 6.45) is 0.969. The summed E-state index contributed by atoms with van der Waals surface area (Å²) >= 11 is 0. The largest absolute Gasteiger partial charge is 0.480 e. The summed E-state index contributed by atoms with van der Waals surface area (Å²) in [5, 5.41) is 9.39. The molecule has 2 unspecified atom stereocenters. The molecular formula is C16H21NO3. The van der Waals surface area contributed by atoms with Crippen molar-refractivity contribution in [1.82, 2.24) is 4.90 Å². The number of nitrogens with zero attached hydrogens (tertiary/aromatic N) is 1. The van der Waals surface area contributed by atoms with Crippen LogP contribution in [0.5, 0.6) is 0 Å². The van der Waals surface area contributed by atoms with Crippen molar-refractivity contribution in [2.75, 3.05) is 13.1 Å². The van der Waals surface area contributed by atoms with E-state index in [0.717, 1.165) is 11.8 Å². The predicted octanol–water partition coefficient (Wildman–Crippen LogP) is 2.01. The Morgan fingerprint density at radius 2 is 1.95 bits per heavy atom. The minimum atomic E-state index is -0.807. The maximum Gasteiger partial charge on any atom is 0.321 e. The molecule has 0 spiro atoms. The summed E-state index contributed by atoms with van der Waals surface area (Å²) in [5.74, 6) is -0.819. The SMILES string of the molecule is CC(C)[C@H](C(=O)O)N1CC(C=O)C(c2ccccc2)C1. The van der Waals surface area contributed by atoms with E-state index in [-0.39, 0.29) is 17.8 Å². The van der Waals surface area contributed by atoms with Crippen LogP contribution in [0.25, 0.3) is 0 Å². The maximum absolute atomic E-state index is 11.4. The van der Waals surface area contributed by atoms with E-state index in [1.165, 1.54) is 0 Å². The molecule has 0 amide bonds. The molecule has 1 N–H and O–H groups in total. The van der Waals surface area contributed by atoms with E-state index in [1.807, 2.05) is 49.1 Å². The van der Waals surface area contributed by atoms with Gasteiger partial charge in [-0.15, -0.1) is 0 Å². The van der Waals surface area contributed by atoms with Crippen LogP contribution in [0.3, 0.4) is 0 Å². The molecule has 0 aliphatic carbocycles. The summed E-state index contributed by atoms with van der Waals surface area (Å²) in [7, 11) is 0. The summed E-state index contributed by atoms with van der Waals surface area (Å²) in [4.78, 5) is 24.7. The third kappa shape index (κ3) is 2.90. The standard InChI is InChI=1S/C16H21NO3/c1-11(2)15(16(19)20)17-8-13(10-18)14(9-17)12-6-4-3-5-7-12/h3-7,10-11,13-15H,8-9H2,1-2H3,(H,19,20)/t13?,14?,15-/m1/s1. The van der Waals surface area contributed by atoms with E-state index in [1.54, 1.807) is 0 Å². The number of hydrogen-bond acceptors (Lipinski definition) is 3. The Balaban J connectivity index is 2.21. The van der Waals surface area contributed by atoms with Gasteiger partial charge in [-0.3, -0.25) is 9.69 Å². The van der Waals surface area contributed by atoms with Crippen molar-refractivity contribution in [2.24, 2.45) is 11.8 Å². The zero-order valence-electron chi connectivity index (χ0n) is 11.9. The van der Waals surface area contributed by atoms with Gasteiger partial charge in [0.1, 0.15) is 12.3 Å². The van der Waals surface area contributed by atoms with Crippen molar-refractivity contribution in [1.29, 1.82) is 0 Å². The Kier molecular flexibility index (Phi) is 4.55. The number of benzene rings is 1. The highest BCUT2D eigenvalue weighted by Crippen LogP contribution is 2.33. The highest BCUT2D eigenvalue weighted by molar-refractivity contribution is 5.74. The molecule has 1 aliphatic heterocycles. The minimum Gasteiger partial charge on any atom is -0.480 e. The van der Waals surface area contributed by atoms with E-state index in [4.69, 9.17) is 0 Å². The molecule has 4 nitrogen and oxygen atoms in total. The molecule has 1 aromatic rings. The Morgan fingerprint density at radius 3 is 2.45 bits per heavy atom. The topological polar surface area (TPSA) is 57.6 Å². The number of carboxylic acids is 1. The van der Waals surface area contributed by atoms with E-state index < -0.39 is 12.0 Å². The number of likely N-dealkylation sites (tertiary alicyclic amines) is 1. The number of hydrogen-bond donors (Lipinski definition) is 1. The molecule has 1 heterocycles. The van der Waals surface area contributed by atoms with Gasteiger partial charge in [0.15, 0.2) is 0 Å². The lowest BCUT2D eigenvalue weighted by molar-refractivity contribution is -0.144. The molecule has 20 heavy (non-hydrogen) atoms. The molecular weight excluding hydrogens is 254 g/mol. The fourth-order valence-corrected chi connectivity index (χ4v) is 3.14. The van der Waals surface area contributed by atoms with Crippen molar-refractivity contribution in [3.63, 3.8) is 0 Å². The predicted molar refractivity (Wildman–Crippen MR) is 76.6 cm³/mol. The summed E-state index contributed by atoms with van der Waals surface area (Å²) in [5.41, 5.74) is 1.11. The first kappa shape index (κ1) is 14.7. The first-order valence-corrected chi connectivity index (χ1v) is 7.01. The second kappa shape index (κ2) is 6.18. The maximum atomic E-state index is 11.4. The zero-order chi connectivity index (χ0) is 14.7. The van der Waals surface area contributed by atoms with E-state index in [2.05, 4.69) is 0 Å². The van der Waals surface area contributed by atoms with Crippen LogP contribution in [0.1, 0.15) is 25.3 Å². The van der Waals surface area contributed by atoms with Gasteiger partial charge < -0.3 is 9.90 Å². The quantitative estimate of drug-likeness (QED) is 0.835. The molecule has 1 aromatic carbocycles. The number of rotatable bonds is 5. The molecule has 0 saturated carbocycles. The van der Waals surface area contributed by atoms with Crippen molar-refractivity contribution in [2.45, 2.75) is 25.8 Å². The average Bonchev–Trinajstić information content (AvgIpc) is 2.82. The smallest absolute Gasteiger partial charge is 0.321 e. The third-order valence-electron chi connectivity index (χ3n) is 4.07.